The molecule has 0 bridgehead atoms. The Hall–Kier alpha value is -2.87. The first-order valence-electron chi connectivity index (χ1n) is 9.85. The Morgan fingerprint density at radius 2 is 2.17 bits per heavy atom. The number of hydrogen-bond donors (Lipinski definition) is 0. The maximum atomic E-state index is 13.2. The Kier molecular flexibility index (Phi) is 5.04. The molecule has 1 saturated heterocycles. The topological polar surface area (TPSA) is 88.5 Å². The predicted molar refractivity (Wildman–Crippen MR) is 107 cm³/mol. The first-order chi connectivity index (χ1) is 14.0. The lowest BCUT2D eigenvalue weighted by Gasteiger charge is -2.34. The van der Waals surface area contributed by atoms with E-state index >= 15 is 0 Å². The molecule has 2 aliphatic rings. The van der Waals surface area contributed by atoms with Gasteiger partial charge in [0.05, 0.1) is 25.1 Å². The Morgan fingerprint density at radius 3 is 2.90 bits per heavy atom. The van der Waals surface area contributed by atoms with Crippen molar-refractivity contribution in [2.45, 2.75) is 38.6 Å². The lowest BCUT2D eigenvalue weighted by Crippen LogP contribution is -2.44. The number of pyridine rings is 1. The second-order valence-corrected chi connectivity index (χ2v) is 7.73. The summed E-state index contributed by atoms with van der Waals surface area (Å²) >= 11 is 0. The van der Waals surface area contributed by atoms with Crippen LogP contribution in [0.3, 0.4) is 0 Å². The number of amides is 2. The lowest BCUT2D eigenvalue weighted by molar-refractivity contribution is -0.117. The number of aromatic nitrogens is 3. The molecule has 2 amide bonds. The second kappa shape index (κ2) is 7.51. The standard InChI is InChI=1S/C21H25N5O3/c1-14-16-12-17(27)25(10-11-29-3)18(16)24-20(23-14)21(2)7-5-9-26(21)19(28)15-6-4-8-22-13-15/h4,6,8,13H,5,7,9-12H2,1-3H3. The summed E-state index contributed by atoms with van der Waals surface area (Å²) in [6, 6.07) is 3.53. The van der Waals surface area contributed by atoms with E-state index in [1.165, 1.54) is 0 Å². The van der Waals surface area contributed by atoms with E-state index in [4.69, 9.17) is 14.7 Å². The Labute approximate surface area is 169 Å². The summed E-state index contributed by atoms with van der Waals surface area (Å²) in [4.78, 5) is 42.8. The van der Waals surface area contributed by atoms with Gasteiger partial charge < -0.3 is 9.64 Å². The molecule has 29 heavy (non-hydrogen) atoms. The number of carbonyl (C=O) groups is 2. The van der Waals surface area contributed by atoms with Crippen LogP contribution >= 0.6 is 0 Å². The van der Waals surface area contributed by atoms with Gasteiger partial charge >= 0.3 is 0 Å². The minimum absolute atomic E-state index is 0.00599. The molecule has 8 nitrogen and oxygen atoms in total. The number of rotatable bonds is 5. The fourth-order valence-electron chi connectivity index (χ4n) is 4.20. The third-order valence-corrected chi connectivity index (χ3v) is 5.87. The van der Waals surface area contributed by atoms with Crippen LogP contribution in [0, 0.1) is 6.92 Å². The van der Waals surface area contributed by atoms with Gasteiger partial charge in [0, 0.05) is 37.3 Å². The highest BCUT2D eigenvalue weighted by Gasteiger charge is 2.45. The molecule has 4 heterocycles. The van der Waals surface area contributed by atoms with E-state index in [0.29, 0.717) is 43.3 Å². The van der Waals surface area contributed by atoms with Crippen LogP contribution < -0.4 is 4.90 Å². The van der Waals surface area contributed by atoms with E-state index in [0.717, 1.165) is 24.1 Å². The van der Waals surface area contributed by atoms with Gasteiger partial charge in [-0.3, -0.25) is 19.5 Å². The number of methoxy groups -OCH3 is 1. The number of fused-ring (bicyclic) bond motifs is 1. The van der Waals surface area contributed by atoms with Gasteiger partial charge in [-0.15, -0.1) is 0 Å². The summed E-state index contributed by atoms with van der Waals surface area (Å²) in [5, 5.41) is 0. The molecule has 0 radical (unpaired) electrons. The van der Waals surface area contributed by atoms with Gasteiger partial charge in [-0.25, -0.2) is 9.97 Å². The van der Waals surface area contributed by atoms with Crippen LogP contribution in [-0.2, 0) is 21.5 Å². The maximum Gasteiger partial charge on any atom is 0.256 e. The van der Waals surface area contributed by atoms with Gasteiger partial charge in [0.2, 0.25) is 5.91 Å². The van der Waals surface area contributed by atoms with E-state index in [1.807, 2.05) is 18.7 Å². The van der Waals surface area contributed by atoms with Gasteiger partial charge in [0.15, 0.2) is 5.82 Å². The zero-order chi connectivity index (χ0) is 20.6. The molecule has 0 saturated carbocycles. The molecule has 2 aromatic heterocycles. The summed E-state index contributed by atoms with van der Waals surface area (Å²) in [6.07, 6.45) is 5.18. The van der Waals surface area contributed by atoms with Gasteiger partial charge in [0.25, 0.3) is 5.91 Å². The molecular weight excluding hydrogens is 370 g/mol. The van der Waals surface area contributed by atoms with Crippen LogP contribution in [0.25, 0.3) is 0 Å². The zero-order valence-electron chi connectivity index (χ0n) is 17.0. The molecule has 0 spiro atoms. The number of hydrogen-bond acceptors (Lipinski definition) is 6. The van der Waals surface area contributed by atoms with Crippen molar-refractivity contribution in [2.24, 2.45) is 0 Å². The average Bonchev–Trinajstić information content (AvgIpc) is 3.27. The van der Waals surface area contributed by atoms with Crippen molar-refractivity contribution < 1.29 is 14.3 Å². The highest BCUT2D eigenvalue weighted by molar-refractivity contribution is 6.00. The predicted octanol–water partition coefficient (Wildman–Crippen LogP) is 1.87. The average molecular weight is 395 g/mol. The minimum atomic E-state index is -0.634. The van der Waals surface area contributed by atoms with Crippen LogP contribution in [0.1, 0.15) is 47.2 Å². The first-order valence-corrected chi connectivity index (χ1v) is 9.85. The van der Waals surface area contributed by atoms with Crippen molar-refractivity contribution in [3.05, 3.63) is 47.2 Å². The fraction of sp³-hybridized carbons (Fsp3) is 0.476. The highest BCUT2D eigenvalue weighted by atomic mass is 16.5. The minimum Gasteiger partial charge on any atom is -0.383 e. The normalized spacial score (nSPS) is 21.0. The van der Waals surface area contributed by atoms with E-state index in [9.17, 15) is 9.59 Å². The molecule has 8 heteroatoms. The van der Waals surface area contributed by atoms with E-state index in [2.05, 4.69) is 4.98 Å². The molecule has 0 aromatic carbocycles. The SMILES string of the molecule is COCCN1C(=O)Cc2c(C)nc(C3(C)CCCN3C(=O)c3cccnc3)nc21. The molecule has 1 atom stereocenters. The number of carbonyl (C=O) groups excluding carboxylic acids is 2. The van der Waals surface area contributed by atoms with Crippen molar-refractivity contribution in [1.29, 1.82) is 0 Å². The maximum absolute atomic E-state index is 13.2. The van der Waals surface area contributed by atoms with Crippen molar-refractivity contribution in [3.63, 3.8) is 0 Å². The molecule has 152 valence electrons. The Morgan fingerprint density at radius 1 is 1.34 bits per heavy atom. The quantitative estimate of drug-likeness (QED) is 0.768. The summed E-state index contributed by atoms with van der Waals surface area (Å²) in [7, 11) is 1.61. The summed E-state index contributed by atoms with van der Waals surface area (Å²) in [5.74, 6) is 1.16. The summed E-state index contributed by atoms with van der Waals surface area (Å²) in [5.41, 5.74) is 1.57. The number of likely N-dealkylation sites (tertiary alicyclic amines) is 1. The van der Waals surface area contributed by atoms with Crippen LogP contribution in [-0.4, -0.2) is 58.5 Å². The van der Waals surface area contributed by atoms with Crippen LogP contribution in [0.4, 0.5) is 5.82 Å². The van der Waals surface area contributed by atoms with E-state index < -0.39 is 5.54 Å². The third kappa shape index (κ3) is 3.27. The zero-order valence-corrected chi connectivity index (χ0v) is 17.0. The largest absolute Gasteiger partial charge is 0.383 e. The lowest BCUT2D eigenvalue weighted by atomic mass is 9.96. The van der Waals surface area contributed by atoms with Crippen LogP contribution in [0.2, 0.25) is 0 Å². The molecule has 0 N–H and O–H groups in total. The van der Waals surface area contributed by atoms with E-state index in [1.54, 1.807) is 36.5 Å². The molecule has 1 fully saturated rings. The van der Waals surface area contributed by atoms with Crippen LogP contribution in [0.5, 0.6) is 0 Å². The summed E-state index contributed by atoms with van der Waals surface area (Å²) < 4.78 is 5.15. The Bertz CT molecular complexity index is 949. The Balaban J connectivity index is 1.72. The highest BCUT2D eigenvalue weighted by Crippen LogP contribution is 2.40. The van der Waals surface area contributed by atoms with Crippen molar-refractivity contribution in [3.8, 4) is 0 Å². The fourth-order valence-corrected chi connectivity index (χ4v) is 4.20. The van der Waals surface area contributed by atoms with E-state index in [-0.39, 0.29) is 11.8 Å². The number of nitrogens with zero attached hydrogens (tertiary/aromatic N) is 5. The molecule has 2 aromatic rings. The number of ether oxygens (including phenoxy) is 1. The molecule has 4 rings (SSSR count). The number of aryl methyl sites for hydroxylation is 1. The van der Waals surface area contributed by atoms with Crippen molar-refractivity contribution in [2.75, 3.05) is 31.7 Å². The van der Waals surface area contributed by atoms with Crippen molar-refractivity contribution >= 4 is 17.6 Å². The monoisotopic (exact) mass is 395 g/mol. The molecule has 0 aliphatic carbocycles. The summed E-state index contributed by atoms with van der Waals surface area (Å²) in [6.45, 7) is 5.43. The third-order valence-electron chi connectivity index (χ3n) is 5.87. The molecule has 1 unspecified atom stereocenters. The first kappa shape index (κ1) is 19.4. The van der Waals surface area contributed by atoms with Crippen molar-refractivity contribution in [1.82, 2.24) is 19.9 Å². The molecule has 2 aliphatic heterocycles. The van der Waals surface area contributed by atoms with Gasteiger partial charge in [-0.2, -0.15) is 0 Å². The van der Waals surface area contributed by atoms with Gasteiger partial charge in [0.1, 0.15) is 11.4 Å². The van der Waals surface area contributed by atoms with Gasteiger partial charge in [-0.05, 0) is 38.8 Å². The van der Waals surface area contributed by atoms with Crippen LogP contribution in [0.15, 0.2) is 24.5 Å². The van der Waals surface area contributed by atoms with Gasteiger partial charge in [-0.1, -0.05) is 0 Å². The smallest absolute Gasteiger partial charge is 0.256 e. The molecular formula is C21H25N5O3. The number of anilines is 1. The second-order valence-electron chi connectivity index (χ2n) is 7.73.